The summed E-state index contributed by atoms with van der Waals surface area (Å²) in [7, 11) is 0. The molecule has 0 fully saturated rings. The van der Waals surface area contributed by atoms with Crippen molar-refractivity contribution in [3.8, 4) is 22.3 Å². The summed E-state index contributed by atoms with van der Waals surface area (Å²) in [6, 6.07) is 55.9. The van der Waals surface area contributed by atoms with Gasteiger partial charge in [-0.3, -0.25) is 0 Å². The predicted molar refractivity (Wildman–Crippen MR) is 195 cm³/mol. The Kier molecular flexibility index (Phi) is 5.78. The molecule has 2 heterocycles. The average Bonchev–Trinajstić information content (AvgIpc) is 3.46. The van der Waals surface area contributed by atoms with Crippen LogP contribution >= 0.6 is 11.3 Å². The molecule has 0 aliphatic carbocycles. The van der Waals surface area contributed by atoms with Crippen LogP contribution in [0.2, 0.25) is 0 Å². The van der Waals surface area contributed by atoms with Gasteiger partial charge in [-0.15, -0.1) is 11.3 Å². The second kappa shape index (κ2) is 9.92. The number of anilines is 3. The summed E-state index contributed by atoms with van der Waals surface area (Å²) < 4.78 is 2.66. The molecule has 0 bridgehead atoms. The minimum atomic E-state index is -0.169. The third-order valence-electron chi connectivity index (χ3n) is 9.67. The van der Waals surface area contributed by atoms with Crippen LogP contribution < -0.4 is 4.90 Å². The third kappa shape index (κ3) is 3.99. The summed E-state index contributed by atoms with van der Waals surface area (Å²) in [4.78, 5) is 2.47. The number of hydrogen-bond acceptors (Lipinski definition) is 2. The normalized spacial score (nSPS) is 13.7. The summed E-state index contributed by atoms with van der Waals surface area (Å²) in [5.74, 6) is 0. The summed E-state index contributed by atoms with van der Waals surface area (Å²) >= 11 is 1.87. The third-order valence-corrected chi connectivity index (χ3v) is 10.8. The van der Waals surface area contributed by atoms with E-state index in [-0.39, 0.29) is 5.41 Å². The molecule has 0 amide bonds. The first-order valence-corrected chi connectivity index (χ1v) is 16.4. The van der Waals surface area contributed by atoms with E-state index in [0.29, 0.717) is 0 Å². The second-order valence-corrected chi connectivity index (χ2v) is 13.6. The lowest BCUT2D eigenvalue weighted by Gasteiger charge is -2.42. The first kappa shape index (κ1) is 26.2. The van der Waals surface area contributed by atoms with Crippen molar-refractivity contribution in [3.05, 3.63) is 163 Å². The first-order valence-electron chi connectivity index (χ1n) is 15.6. The zero-order valence-corrected chi connectivity index (χ0v) is 26.1. The summed E-state index contributed by atoms with van der Waals surface area (Å²) in [5, 5.41) is 5.20. The minimum Gasteiger partial charge on any atom is -0.310 e. The Morgan fingerprint density at radius 3 is 1.87 bits per heavy atom. The molecule has 1 aliphatic heterocycles. The molecule has 1 aromatic heterocycles. The zero-order valence-electron chi connectivity index (χ0n) is 25.3. The molecule has 0 radical (unpaired) electrons. The van der Waals surface area contributed by atoms with Crippen molar-refractivity contribution >= 4 is 59.3 Å². The van der Waals surface area contributed by atoms with Crippen LogP contribution in [0.5, 0.6) is 0 Å². The quantitative estimate of drug-likeness (QED) is 0.197. The van der Waals surface area contributed by atoms with Crippen LogP contribution in [-0.2, 0) is 5.41 Å². The summed E-state index contributed by atoms with van der Waals surface area (Å²) in [6.07, 6.45) is 0. The van der Waals surface area contributed by atoms with Crippen LogP contribution in [0.1, 0.15) is 25.0 Å². The minimum absolute atomic E-state index is 0.169. The van der Waals surface area contributed by atoms with Gasteiger partial charge in [-0.25, -0.2) is 0 Å². The van der Waals surface area contributed by atoms with Gasteiger partial charge in [0.25, 0.3) is 0 Å². The topological polar surface area (TPSA) is 3.24 Å². The van der Waals surface area contributed by atoms with Gasteiger partial charge in [0.15, 0.2) is 0 Å². The molecule has 0 atom stereocenters. The van der Waals surface area contributed by atoms with E-state index in [1.807, 2.05) is 11.3 Å². The SMILES string of the molecule is CC1(C)c2ccccc2N(c2ccc3sc4ccccc4c3c2)c2ccc(-c3ccc(-c4ccccc4)c4ccccc34)cc21. The molecule has 7 aromatic carbocycles. The van der Waals surface area contributed by atoms with E-state index in [1.54, 1.807) is 0 Å². The molecule has 8 aromatic rings. The second-order valence-electron chi connectivity index (χ2n) is 12.6. The van der Waals surface area contributed by atoms with Crippen LogP contribution in [0.3, 0.4) is 0 Å². The molecular formula is C43H31NS. The van der Waals surface area contributed by atoms with Gasteiger partial charge in [-0.1, -0.05) is 123 Å². The number of fused-ring (bicyclic) bond motifs is 6. The van der Waals surface area contributed by atoms with Gasteiger partial charge < -0.3 is 4.90 Å². The number of thiophene rings is 1. The van der Waals surface area contributed by atoms with Crippen molar-refractivity contribution in [2.45, 2.75) is 19.3 Å². The molecular weight excluding hydrogens is 563 g/mol. The van der Waals surface area contributed by atoms with Gasteiger partial charge in [0.1, 0.15) is 0 Å². The van der Waals surface area contributed by atoms with Gasteiger partial charge in [0, 0.05) is 31.3 Å². The molecule has 9 rings (SSSR count). The lowest BCUT2D eigenvalue weighted by Crippen LogP contribution is -2.30. The van der Waals surface area contributed by atoms with Gasteiger partial charge in [0.2, 0.25) is 0 Å². The maximum atomic E-state index is 2.47. The van der Waals surface area contributed by atoms with Crippen LogP contribution in [0.4, 0.5) is 17.1 Å². The van der Waals surface area contributed by atoms with E-state index in [4.69, 9.17) is 0 Å². The molecule has 1 aliphatic rings. The fourth-order valence-electron chi connectivity index (χ4n) is 7.42. The van der Waals surface area contributed by atoms with E-state index < -0.39 is 0 Å². The molecule has 45 heavy (non-hydrogen) atoms. The number of nitrogens with zero attached hydrogens (tertiary/aromatic N) is 1. The van der Waals surface area contributed by atoms with Gasteiger partial charge >= 0.3 is 0 Å². The number of para-hydroxylation sites is 1. The molecule has 0 N–H and O–H groups in total. The standard InChI is InChI=1S/C43H31NS/c1-43(2)37-17-9-10-18-39(37)44(30-21-25-42-36(27-30)35-16-8-11-19-41(35)45-42)40-24-20-29(26-38(40)43)32-23-22-31(28-12-4-3-5-13-28)33-14-6-7-15-34(32)33/h3-27H,1-2H3. The smallest absolute Gasteiger partial charge is 0.0503 e. The fraction of sp³-hybridized carbons (Fsp3) is 0.0698. The molecule has 0 saturated heterocycles. The molecule has 0 spiro atoms. The van der Waals surface area contributed by atoms with Crippen molar-refractivity contribution in [2.75, 3.05) is 4.90 Å². The summed E-state index contributed by atoms with van der Waals surface area (Å²) in [5.41, 5.74) is 11.2. The number of rotatable bonds is 3. The highest BCUT2D eigenvalue weighted by molar-refractivity contribution is 7.25. The number of hydrogen-bond donors (Lipinski definition) is 0. The molecule has 0 saturated carbocycles. The van der Waals surface area contributed by atoms with Crippen molar-refractivity contribution in [3.63, 3.8) is 0 Å². The highest BCUT2D eigenvalue weighted by Gasteiger charge is 2.37. The van der Waals surface area contributed by atoms with Crippen LogP contribution in [-0.4, -0.2) is 0 Å². The maximum Gasteiger partial charge on any atom is 0.0503 e. The van der Waals surface area contributed by atoms with E-state index in [2.05, 4.69) is 170 Å². The number of benzene rings is 7. The zero-order chi connectivity index (χ0) is 30.1. The highest BCUT2D eigenvalue weighted by Crippen LogP contribution is 2.53. The lowest BCUT2D eigenvalue weighted by atomic mass is 9.72. The van der Waals surface area contributed by atoms with Crippen molar-refractivity contribution in [1.29, 1.82) is 0 Å². The molecule has 0 unspecified atom stereocenters. The van der Waals surface area contributed by atoms with Crippen LogP contribution in [0.15, 0.2) is 152 Å². The Morgan fingerprint density at radius 2 is 1.07 bits per heavy atom. The molecule has 2 heteroatoms. The first-order chi connectivity index (χ1) is 22.1. The maximum absolute atomic E-state index is 2.47. The predicted octanol–water partition coefficient (Wildman–Crippen LogP) is 12.7. The Morgan fingerprint density at radius 1 is 0.444 bits per heavy atom. The monoisotopic (exact) mass is 593 g/mol. The summed E-state index contributed by atoms with van der Waals surface area (Å²) in [6.45, 7) is 4.75. The largest absolute Gasteiger partial charge is 0.310 e. The van der Waals surface area contributed by atoms with Crippen LogP contribution in [0.25, 0.3) is 53.2 Å². The van der Waals surface area contributed by atoms with Gasteiger partial charge in [-0.05, 0) is 86.6 Å². The van der Waals surface area contributed by atoms with Gasteiger partial charge in [0.05, 0.1) is 11.4 Å². The Hall–Kier alpha value is -5.18. The van der Waals surface area contributed by atoms with Crippen molar-refractivity contribution < 1.29 is 0 Å². The van der Waals surface area contributed by atoms with E-state index in [9.17, 15) is 0 Å². The van der Waals surface area contributed by atoms with Gasteiger partial charge in [-0.2, -0.15) is 0 Å². The average molecular weight is 594 g/mol. The van der Waals surface area contributed by atoms with E-state index in [0.717, 1.165) is 0 Å². The lowest BCUT2D eigenvalue weighted by molar-refractivity contribution is 0.632. The molecule has 214 valence electrons. The van der Waals surface area contributed by atoms with E-state index in [1.165, 1.54) is 81.4 Å². The van der Waals surface area contributed by atoms with Crippen molar-refractivity contribution in [1.82, 2.24) is 0 Å². The fourth-order valence-corrected chi connectivity index (χ4v) is 8.51. The molecule has 1 nitrogen and oxygen atoms in total. The Labute approximate surface area is 267 Å². The Bertz CT molecular complexity index is 2410. The van der Waals surface area contributed by atoms with E-state index >= 15 is 0 Å². The highest BCUT2D eigenvalue weighted by atomic mass is 32.1. The van der Waals surface area contributed by atoms with Crippen molar-refractivity contribution in [2.24, 2.45) is 0 Å². The Balaban J connectivity index is 1.25. The van der Waals surface area contributed by atoms with Crippen LogP contribution in [0, 0.1) is 0 Å².